The van der Waals surface area contributed by atoms with E-state index in [-0.39, 0.29) is 18.8 Å². The maximum atomic E-state index is 11.6. The lowest BCUT2D eigenvalue weighted by Gasteiger charge is -2.19. The van der Waals surface area contributed by atoms with Gasteiger partial charge < -0.3 is 25.0 Å². The summed E-state index contributed by atoms with van der Waals surface area (Å²) in [6.45, 7) is -0.0616. The highest BCUT2D eigenvalue weighted by molar-refractivity contribution is 5.67. The molecule has 2 atom stereocenters. The molecule has 7 heteroatoms. The monoisotopic (exact) mass is 332 g/mol. The predicted molar refractivity (Wildman–Crippen MR) is 86.4 cm³/mol. The lowest BCUT2D eigenvalue weighted by molar-refractivity contribution is 0.0145. The average molecular weight is 332 g/mol. The zero-order chi connectivity index (χ0) is 17.4. The van der Waals surface area contributed by atoms with Crippen LogP contribution in [-0.2, 0) is 11.3 Å². The number of aliphatic hydroxyl groups is 2. The van der Waals surface area contributed by atoms with Crippen LogP contribution in [0.5, 0.6) is 5.75 Å². The van der Waals surface area contributed by atoms with Crippen molar-refractivity contribution in [1.82, 2.24) is 10.3 Å². The van der Waals surface area contributed by atoms with Gasteiger partial charge in [0.15, 0.2) is 0 Å². The second-order valence-corrected chi connectivity index (χ2v) is 5.05. The van der Waals surface area contributed by atoms with E-state index in [4.69, 9.17) is 9.47 Å². The quantitative estimate of drug-likeness (QED) is 0.709. The fourth-order valence-corrected chi connectivity index (χ4v) is 2.05. The summed E-state index contributed by atoms with van der Waals surface area (Å²) in [6.07, 6.45) is -1.75. The number of hydrogen-bond donors (Lipinski definition) is 3. The van der Waals surface area contributed by atoms with Crippen molar-refractivity contribution in [2.75, 3.05) is 13.7 Å². The molecular formula is C17H20N2O5. The summed E-state index contributed by atoms with van der Waals surface area (Å²) in [7, 11) is 1.44. The number of amides is 1. The van der Waals surface area contributed by atoms with Crippen molar-refractivity contribution in [1.29, 1.82) is 0 Å². The minimum absolute atomic E-state index is 0.124. The number of nitrogens with zero attached hydrogens (tertiary/aromatic N) is 1. The van der Waals surface area contributed by atoms with Crippen LogP contribution in [0, 0.1) is 0 Å². The Morgan fingerprint density at radius 2 is 1.96 bits per heavy atom. The molecule has 0 saturated carbocycles. The lowest BCUT2D eigenvalue weighted by atomic mass is 10.1. The highest BCUT2D eigenvalue weighted by atomic mass is 16.5. The van der Waals surface area contributed by atoms with E-state index >= 15 is 0 Å². The van der Waals surface area contributed by atoms with Crippen LogP contribution in [-0.4, -0.2) is 41.0 Å². The minimum Gasteiger partial charge on any atom is -0.495 e. The van der Waals surface area contributed by atoms with E-state index in [1.54, 1.807) is 12.1 Å². The molecule has 1 aromatic heterocycles. The molecule has 2 rings (SSSR count). The fourth-order valence-electron chi connectivity index (χ4n) is 2.05. The molecule has 0 radical (unpaired) electrons. The summed E-state index contributed by atoms with van der Waals surface area (Å²) in [5.41, 5.74) is 1.05. The number of benzene rings is 1. The van der Waals surface area contributed by atoms with Gasteiger partial charge in [-0.05, 0) is 17.7 Å². The van der Waals surface area contributed by atoms with Crippen molar-refractivity contribution in [3.05, 3.63) is 59.9 Å². The number of carbonyl (C=O) groups is 1. The first-order valence-electron chi connectivity index (χ1n) is 7.41. The molecule has 0 bridgehead atoms. The van der Waals surface area contributed by atoms with E-state index in [9.17, 15) is 15.0 Å². The number of nitrogens with one attached hydrogen (secondary N) is 1. The molecular weight excluding hydrogens is 312 g/mol. The summed E-state index contributed by atoms with van der Waals surface area (Å²) in [4.78, 5) is 15.6. The van der Waals surface area contributed by atoms with Crippen molar-refractivity contribution >= 4 is 6.09 Å². The Morgan fingerprint density at radius 1 is 1.21 bits per heavy atom. The molecule has 3 N–H and O–H groups in total. The van der Waals surface area contributed by atoms with Crippen molar-refractivity contribution in [2.24, 2.45) is 0 Å². The molecule has 0 saturated heterocycles. The van der Waals surface area contributed by atoms with E-state index in [2.05, 4.69) is 10.3 Å². The van der Waals surface area contributed by atoms with Gasteiger partial charge in [-0.3, -0.25) is 4.98 Å². The minimum atomic E-state index is -1.30. The summed E-state index contributed by atoms with van der Waals surface area (Å²) in [6, 6.07) is 12.5. The largest absolute Gasteiger partial charge is 0.495 e. The molecule has 0 aliphatic rings. The molecule has 128 valence electrons. The van der Waals surface area contributed by atoms with Gasteiger partial charge in [0.25, 0.3) is 0 Å². The van der Waals surface area contributed by atoms with Crippen LogP contribution in [0.1, 0.15) is 17.4 Å². The van der Waals surface area contributed by atoms with Gasteiger partial charge in [0.1, 0.15) is 30.3 Å². The molecule has 2 aromatic rings. The van der Waals surface area contributed by atoms with Gasteiger partial charge in [0.05, 0.1) is 7.11 Å². The van der Waals surface area contributed by atoms with Crippen LogP contribution in [0.3, 0.4) is 0 Å². The summed E-state index contributed by atoms with van der Waals surface area (Å²) >= 11 is 0. The molecule has 1 amide bonds. The summed E-state index contributed by atoms with van der Waals surface area (Å²) < 4.78 is 10.1. The van der Waals surface area contributed by atoms with Gasteiger partial charge >= 0.3 is 6.09 Å². The third-order valence-corrected chi connectivity index (χ3v) is 3.33. The lowest BCUT2D eigenvalue weighted by Crippen LogP contribution is -2.36. The Bertz CT molecular complexity index is 650. The van der Waals surface area contributed by atoms with Crippen LogP contribution < -0.4 is 10.1 Å². The van der Waals surface area contributed by atoms with Gasteiger partial charge in [-0.2, -0.15) is 0 Å². The molecule has 24 heavy (non-hydrogen) atoms. The van der Waals surface area contributed by atoms with Gasteiger partial charge in [-0.1, -0.05) is 30.3 Å². The number of aromatic nitrogens is 1. The van der Waals surface area contributed by atoms with E-state index in [0.717, 1.165) is 5.56 Å². The molecule has 0 aliphatic carbocycles. The number of aliphatic hydroxyl groups excluding tert-OH is 2. The highest BCUT2D eigenvalue weighted by Crippen LogP contribution is 2.24. The Hall–Kier alpha value is -2.64. The predicted octanol–water partition coefficient (Wildman–Crippen LogP) is 1.41. The number of alkyl carbamates (subject to hydrolysis) is 1. The zero-order valence-electron chi connectivity index (χ0n) is 13.3. The molecule has 1 heterocycles. The molecule has 1 aromatic carbocycles. The normalized spacial score (nSPS) is 13.0. The molecule has 0 fully saturated rings. The van der Waals surface area contributed by atoms with E-state index in [0.29, 0.717) is 5.75 Å². The van der Waals surface area contributed by atoms with Crippen LogP contribution in [0.25, 0.3) is 0 Å². The van der Waals surface area contributed by atoms with Gasteiger partial charge in [-0.15, -0.1) is 0 Å². The van der Waals surface area contributed by atoms with E-state index in [1.165, 1.54) is 13.3 Å². The Morgan fingerprint density at radius 3 is 2.67 bits per heavy atom. The Labute approximate surface area is 139 Å². The zero-order valence-corrected chi connectivity index (χ0v) is 13.3. The topological polar surface area (TPSA) is 101 Å². The maximum absolute atomic E-state index is 11.6. The van der Waals surface area contributed by atoms with Gasteiger partial charge in [0.2, 0.25) is 0 Å². The van der Waals surface area contributed by atoms with Crippen molar-refractivity contribution in [2.45, 2.75) is 18.8 Å². The summed E-state index contributed by atoms with van der Waals surface area (Å²) in [5.74, 6) is 0.357. The van der Waals surface area contributed by atoms with Crippen LogP contribution in [0.15, 0.2) is 48.7 Å². The second-order valence-electron chi connectivity index (χ2n) is 5.05. The third-order valence-electron chi connectivity index (χ3n) is 3.33. The second kappa shape index (κ2) is 8.85. The number of pyridine rings is 1. The SMILES string of the molecule is COc1cccnc1C(O)C(O)CNC(=O)OCc1ccccc1. The maximum Gasteiger partial charge on any atom is 0.407 e. The Kier molecular flexibility index (Phi) is 6.53. The Balaban J connectivity index is 1.81. The summed E-state index contributed by atoms with van der Waals surface area (Å²) in [5, 5.41) is 22.5. The van der Waals surface area contributed by atoms with Crippen LogP contribution in [0.4, 0.5) is 4.79 Å². The van der Waals surface area contributed by atoms with Crippen molar-refractivity contribution in [3.8, 4) is 5.75 Å². The first-order valence-corrected chi connectivity index (χ1v) is 7.41. The van der Waals surface area contributed by atoms with E-state index < -0.39 is 18.3 Å². The fraction of sp³-hybridized carbons (Fsp3) is 0.294. The average Bonchev–Trinajstić information content (AvgIpc) is 2.64. The number of rotatable bonds is 7. The van der Waals surface area contributed by atoms with Gasteiger partial charge in [-0.25, -0.2) is 4.79 Å². The molecule has 2 unspecified atom stereocenters. The smallest absolute Gasteiger partial charge is 0.407 e. The highest BCUT2D eigenvalue weighted by Gasteiger charge is 2.23. The third kappa shape index (κ3) is 4.94. The van der Waals surface area contributed by atoms with Gasteiger partial charge in [0, 0.05) is 12.7 Å². The number of carbonyl (C=O) groups excluding carboxylic acids is 1. The van der Waals surface area contributed by atoms with E-state index in [1.807, 2.05) is 30.3 Å². The number of methoxy groups -OCH3 is 1. The van der Waals surface area contributed by atoms with Crippen molar-refractivity contribution in [3.63, 3.8) is 0 Å². The van der Waals surface area contributed by atoms with Crippen LogP contribution >= 0.6 is 0 Å². The number of ether oxygens (including phenoxy) is 2. The van der Waals surface area contributed by atoms with Crippen LogP contribution in [0.2, 0.25) is 0 Å². The first kappa shape index (κ1) is 17.7. The number of hydrogen-bond acceptors (Lipinski definition) is 6. The molecule has 0 spiro atoms. The molecule has 7 nitrogen and oxygen atoms in total. The first-order chi connectivity index (χ1) is 11.6. The molecule has 0 aliphatic heterocycles. The standard InChI is InChI=1S/C17H20N2O5/c1-23-14-8-5-9-18-15(14)16(21)13(20)10-19-17(22)24-11-12-6-3-2-4-7-12/h2-9,13,16,20-21H,10-11H2,1H3,(H,19,22). The van der Waals surface area contributed by atoms with Crippen molar-refractivity contribution < 1.29 is 24.5 Å².